The van der Waals surface area contributed by atoms with E-state index in [2.05, 4.69) is 46.0 Å². The molecule has 0 saturated carbocycles. The molecule has 0 saturated heterocycles. The zero-order valence-electron chi connectivity index (χ0n) is 42.5. The lowest BCUT2D eigenvalue weighted by molar-refractivity contribution is 0.0911. The Hall–Kier alpha value is -8.95. The summed E-state index contributed by atoms with van der Waals surface area (Å²) in [4.78, 5) is 72.7. The van der Waals surface area contributed by atoms with Gasteiger partial charge in [0, 0.05) is 91.8 Å². The summed E-state index contributed by atoms with van der Waals surface area (Å²) in [5.74, 6) is -0.815. The topological polar surface area (TPSA) is 248 Å². The molecule has 9 aromatic rings. The normalized spacial score (nSPS) is 13.1. The van der Waals surface area contributed by atoms with Crippen molar-refractivity contribution in [2.75, 3.05) is 20.1 Å². The maximum atomic E-state index is 15.9. The first kappa shape index (κ1) is 49.6. The van der Waals surface area contributed by atoms with Crippen LogP contribution in [0, 0.1) is 11.6 Å². The van der Waals surface area contributed by atoms with Gasteiger partial charge in [-0.25, -0.2) is 33.5 Å². The molecule has 75 heavy (non-hydrogen) atoms. The summed E-state index contributed by atoms with van der Waals surface area (Å²) in [6, 6.07) is 14.5. The van der Waals surface area contributed by atoms with Crippen LogP contribution in [0.3, 0.4) is 0 Å². The van der Waals surface area contributed by atoms with Gasteiger partial charge in [-0.3, -0.25) is 14.3 Å². The Morgan fingerprint density at radius 2 is 1.44 bits per heavy atom. The highest BCUT2D eigenvalue weighted by atomic mass is 19.1. The standard InChI is InChI=1S/C53H53F2N15O5/c1-52(2,3)40-22-39(74-66-40)48(71)57-23-31-12-10-30(20-38(31)55)36-21-34(60-46-42(36)62-44(64-46)33-25-59-69(8)26-33)27-68(7)51(73)70-17-14-28(15-18-70)43-61-41-35(13-16-56-45(41)63-43)29-9-11-32(37(54)19-29)24-58-49(72)47-65-50(75-67-47)53(4,5)6/h9-14,16,19-22,25-26H,15,17-18,23-24,27H2,1-8H3,(H,57,71)(H,58,72)(H,56,61,63)(H,60,62,64). The van der Waals surface area contributed by atoms with Crippen LogP contribution in [-0.4, -0.2) is 103 Å². The number of carbonyl (C=O) groups is 3. The molecule has 1 aliphatic rings. The second-order valence-corrected chi connectivity index (χ2v) is 20.5. The molecule has 0 radical (unpaired) electrons. The fourth-order valence-corrected chi connectivity index (χ4v) is 8.53. The van der Waals surface area contributed by atoms with Crippen LogP contribution in [-0.2, 0) is 37.5 Å². The molecular weight excluding hydrogens is 965 g/mol. The van der Waals surface area contributed by atoms with Crippen molar-refractivity contribution in [3.05, 3.63) is 137 Å². The molecule has 0 bridgehead atoms. The molecule has 7 aromatic heterocycles. The first-order valence-corrected chi connectivity index (χ1v) is 24.1. The molecule has 20 nitrogen and oxygen atoms in total. The summed E-state index contributed by atoms with van der Waals surface area (Å²) in [5, 5.41) is 17.4. The predicted molar refractivity (Wildman–Crippen MR) is 272 cm³/mol. The summed E-state index contributed by atoms with van der Waals surface area (Å²) < 4.78 is 43.6. The molecule has 384 valence electrons. The third-order valence-electron chi connectivity index (χ3n) is 12.8. The monoisotopic (exact) mass is 1020 g/mol. The zero-order chi connectivity index (χ0) is 52.9. The Morgan fingerprint density at radius 3 is 2.07 bits per heavy atom. The van der Waals surface area contributed by atoms with Crippen molar-refractivity contribution in [2.24, 2.45) is 7.05 Å². The number of nitrogens with one attached hydrogen (secondary N) is 4. The summed E-state index contributed by atoms with van der Waals surface area (Å²) in [6.45, 7) is 12.2. The Kier molecular flexibility index (Phi) is 12.9. The van der Waals surface area contributed by atoms with E-state index in [1.54, 1.807) is 77.4 Å². The van der Waals surface area contributed by atoms with Gasteiger partial charge in [0.15, 0.2) is 11.3 Å². The van der Waals surface area contributed by atoms with Crippen LogP contribution in [0.2, 0.25) is 0 Å². The summed E-state index contributed by atoms with van der Waals surface area (Å²) >= 11 is 0. The largest absolute Gasteiger partial charge is 0.351 e. The van der Waals surface area contributed by atoms with Crippen LogP contribution >= 0.6 is 0 Å². The fourth-order valence-electron chi connectivity index (χ4n) is 8.53. The molecule has 0 spiro atoms. The number of pyridine rings is 2. The van der Waals surface area contributed by atoms with Gasteiger partial charge < -0.3 is 39.4 Å². The smallest absolute Gasteiger partial charge is 0.320 e. The number of nitrogens with zero attached hydrogens (tertiary/aromatic N) is 11. The van der Waals surface area contributed by atoms with Crippen molar-refractivity contribution in [3.63, 3.8) is 0 Å². The molecule has 10 rings (SSSR count). The minimum atomic E-state index is -0.581. The van der Waals surface area contributed by atoms with E-state index in [0.717, 1.165) is 11.1 Å². The number of imidazole rings is 2. The number of aromatic amines is 2. The number of amides is 4. The van der Waals surface area contributed by atoms with Crippen LogP contribution < -0.4 is 10.6 Å². The summed E-state index contributed by atoms with van der Waals surface area (Å²) in [6.07, 6.45) is 7.54. The van der Waals surface area contributed by atoms with E-state index in [9.17, 15) is 14.4 Å². The number of rotatable bonds is 12. The molecule has 0 aliphatic carbocycles. The Bertz CT molecular complexity index is 3700. The highest BCUT2D eigenvalue weighted by Gasteiger charge is 2.27. The number of aromatic nitrogens is 11. The number of halogens is 2. The quantitative estimate of drug-likeness (QED) is 0.0899. The molecule has 22 heteroatoms. The minimum Gasteiger partial charge on any atom is -0.351 e. The molecule has 2 aromatic carbocycles. The van der Waals surface area contributed by atoms with Gasteiger partial charge in [-0.2, -0.15) is 10.1 Å². The van der Waals surface area contributed by atoms with E-state index in [1.807, 2.05) is 59.9 Å². The molecule has 1 aliphatic heterocycles. The van der Waals surface area contributed by atoms with Crippen molar-refractivity contribution >= 4 is 45.7 Å². The van der Waals surface area contributed by atoms with Crippen LogP contribution in [0.15, 0.2) is 88.3 Å². The number of aryl methyl sites for hydroxylation is 1. The second kappa shape index (κ2) is 19.5. The van der Waals surface area contributed by atoms with Crippen molar-refractivity contribution in [1.82, 2.24) is 75.4 Å². The second-order valence-electron chi connectivity index (χ2n) is 20.5. The Labute approximate surface area is 428 Å². The number of carbonyl (C=O) groups excluding carboxylic acids is 3. The van der Waals surface area contributed by atoms with Gasteiger partial charge in [0.2, 0.25) is 11.7 Å². The van der Waals surface area contributed by atoms with E-state index >= 15 is 8.78 Å². The summed E-state index contributed by atoms with van der Waals surface area (Å²) in [5.41, 5.74) is 6.96. The molecule has 0 unspecified atom stereocenters. The lowest BCUT2D eigenvalue weighted by Crippen LogP contribution is -2.42. The van der Waals surface area contributed by atoms with Crippen LogP contribution in [0.5, 0.6) is 0 Å². The van der Waals surface area contributed by atoms with E-state index in [1.165, 1.54) is 12.1 Å². The predicted octanol–water partition coefficient (Wildman–Crippen LogP) is 8.41. The third kappa shape index (κ3) is 10.4. The first-order chi connectivity index (χ1) is 35.7. The molecule has 0 atom stereocenters. The van der Waals surface area contributed by atoms with Crippen molar-refractivity contribution in [1.29, 1.82) is 0 Å². The SMILES string of the molecule is CN(Cc1cc(-c2ccc(CNC(=O)c3cc(C(C)(C)C)no3)c(F)c2)c2[nH]c(-c3cnn(C)c3)nc2n1)C(=O)N1CC=C(c2nc3nccc(-c4ccc(CNC(=O)c5noc(C(C)(C)C)n5)c(F)c4)c3[nH]2)CC1. The number of benzene rings is 2. The van der Waals surface area contributed by atoms with Gasteiger partial charge in [-0.1, -0.05) is 82.2 Å². The van der Waals surface area contributed by atoms with E-state index < -0.39 is 28.9 Å². The van der Waals surface area contributed by atoms with Gasteiger partial charge in [0.1, 0.15) is 23.3 Å². The number of hydrogen-bond acceptors (Lipinski definition) is 13. The van der Waals surface area contributed by atoms with Gasteiger partial charge in [0.05, 0.1) is 40.7 Å². The van der Waals surface area contributed by atoms with Crippen LogP contribution in [0.25, 0.3) is 61.5 Å². The number of urea groups is 1. The first-order valence-electron chi connectivity index (χ1n) is 24.1. The van der Waals surface area contributed by atoms with Crippen molar-refractivity contribution < 1.29 is 32.2 Å². The van der Waals surface area contributed by atoms with E-state index in [0.29, 0.717) is 93.0 Å². The molecule has 4 N–H and O–H groups in total. The van der Waals surface area contributed by atoms with Gasteiger partial charge in [-0.15, -0.1) is 0 Å². The number of H-pyrrole nitrogens is 2. The van der Waals surface area contributed by atoms with E-state index in [4.69, 9.17) is 24.0 Å². The van der Waals surface area contributed by atoms with Crippen molar-refractivity contribution in [3.8, 4) is 33.6 Å². The highest BCUT2D eigenvalue weighted by molar-refractivity contribution is 5.94. The average molecular weight is 1020 g/mol. The van der Waals surface area contributed by atoms with Gasteiger partial charge in [-0.05, 0) is 47.4 Å². The van der Waals surface area contributed by atoms with Crippen molar-refractivity contribution in [2.45, 2.75) is 78.4 Å². The number of fused-ring (bicyclic) bond motifs is 2. The lowest BCUT2D eigenvalue weighted by Gasteiger charge is -2.30. The maximum Gasteiger partial charge on any atom is 0.320 e. The number of hydrogen-bond donors (Lipinski definition) is 4. The van der Waals surface area contributed by atoms with E-state index in [-0.39, 0.29) is 53.8 Å². The Morgan fingerprint density at radius 1 is 0.760 bits per heavy atom. The van der Waals surface area contributed by atoms with Gasteiger partial charge >= 0.3 is 6.03 Å². The summed E-state index contributed by atoms with van der Waals surface area (Å²) in [7, 11) is 3.50. The zero-order valence-corrected chi connectivity index (χ0v) is 42.5. The Balaban J connectivity index is 0.819. The maximum absolute atomic E-state index is 15.9. The molecular formula is C53H53F2N15O5. The molecule has 0 fully saturated rings. The van der Waals surface area contributed by atoms with Gasteiger partial charge in [0.25, 0.3) is 17.6 Å². The average Bonchev–Trinajstić information content (AvgIpc) is 4.25. The molecule has 4 amide bonds. The van der Waals surface area contributed by atoms with Crippen LogP contribution in [0.1, 0.15) is 103 Å². The molecule has 8 heterocycles. The van der Waals surface area contributed by atoms with Crippen LogP contribution in [0.4, 0.5) is 13.6 Å². The minimum absolute atomic E-state index is 0.0359. The lowest BCUT2D eigenvalue weighted by atomic mass is 9.92. The fraction of sp³-hybridized carbons (Fsp3) is 0.302. The highest BCUT2D eigenvalue weighted by Crippen LogP contribution is 2.33. The third-order valence-corrected chi connectivity index (χ3v) is 12.8.